The summed E-state index contributed by atoms with van der Waals surface area (Å²) in [6, 6.07) is 8.64. The Morgan fingerprint density at radius 2 is 2.00 bits per heavy atom. The summed E-state index contributed by atoms with van der Waals surface area (Å²) in [7, 11) is 0. The van der Waals surface area contributed by atoms with Crippen molar-refractivity contribution in [1.29, 1.82) is 0 Å². The zero-order valence-corrected chi connectivity index (χ0v) is 17.0. The summed E-state index contributed by atoms with van der Waals surface area (Å²) in [5.41, 5.74) is 0.0555. The molecule has 4 amide bonds. The Kier molecular flexibility index (Phi) is 5.52. The van der Waals surface area contributed by atoms with E-state index in [1.165, 1.54) is 6.33 Å². The van der Waals surface area contributed by atoms with E-state index in [2.05, 4.69) is 27.6 Å². The number of hydrogen-bond donors (Lipinski definition) is 2. The maximum absolute atomic E-state index is 13.0. The van der Waals surface area contributed by atoms with E-state index in [1.54, 1.807) is 11.0 Å². The Hall–Kier alpha value is -3.23. The minimum absolute atomic E-state index is 0.290. The number of benzene rings is 1. The molecule has 158 valence electrons. The third-order valence-electron chi connectivity index (χ3n) is 6.05. The van der Waals surface area contributed by atoms with Gasteiger partial charge in [-0.3, -0.25) is 19.2 Å². The van der Waals surface area contributed by atoms with Gasteiger partial charge in [0, 0.05) is 0 Å². The van der Waals surface area contributed by atoms with E-state index < -0.39 is 17.5 Å². The van der Waals surface area contributed by atoms with Crippen LogP contribution in [0.5, 0.6) is 0 Å². The van der Waals surface area contributed by atoms with Crippen LogP contribution in [0.3, 0.4) is 0 Å². The van der Waals surface area contributed by atoms with Gasteiger partial charge in [0.2, 0.25) is 5.91 Å². The molecule has 2 aliphatic rings. The molecule has 1 aliphatic carbocycles. The number of amides is 4. The van der Waals surface area contributed by atoms with Gasteiger partial charge >= 0.3 is 6.03 Å². The van der Waals surface area contributed by atoms with E-state index >= 15 is 0 Å². The van der Waals surface area contributed by atoms with E-state index in [1.807, 2.05) is 30.3 Å². The molecule has 1 aliphatic heterocycles. The Morgan fingerprint density at radius 3 is 2.67 bits per heavy atom. The lowest BCUT2D eigenvalue weighted by Crippen LogP contribution is -2.50. The molecular formula is C21H26N6O3. The zero-order chi connectivity index (χ0) is 21.1. The summed E-state index contributed by atoms with van der Waals surface area (Å²) in [5, 5.41) is 9.89. The number of hydrogen-bond acceptors (Lipinski definition) is 5. The molecule has 2 N–H and O–H groups in total. The van der Waals surface area contributed by atoms with Crippen LogP contribution in [0.4, 0.5) is 4.79 Å². The molecule has 1 saturated heterocycles. The topological polar surface area (TPSA) is 109 Å². The average molecular weight is 410 g/mol. The van der Waals surface area contributed by atoms with Gasteiger partial charge in [0.15, 0.2) is 0 Å². The Labute approximate surface area is 174 Å². The lowest BCUT2D eigenvalue weighted by molar-refractivity contribution is -0.136. The van der Waals surface area contributed by atoms with Crippen molar-refractivity contribution < 1.29 is 14.4 Å². The third kappa shape index (κ3) is 4.05. The minimum atomic E-state index is -0.844. The van der Waals surface area contributed by atoms with Crippen molar-refractivity contribution in [3.63, 3.8) is 0 Å². The van der Waals surface area contributed by atoms with E-state index in [9.17, 15) is 14.4 Å². The quantitative estimate of drug-likeness (QED) is 0.704. The number of carbonyl (C=O) groups is 3. The monoisotopic (exact) mass is 410 g/mol. The highest BCUT2D eigenvalue weighted by molar-refractivity contribution is 6.09. The number of rotatable bonds is 6. The predicted octanol–water partition coefficient (Wildman–Crippen LogP) is 1.64. The van der Waals surface area contributed by atoms with Crippen molar-refractivity contribution in [2.24, 2.45) is 5.92 Å². The highest BCUT2D eigenvalue weighted by Gasteiger charge is 2.52. The SMILES string of the molecule is CC1CCC2(CC1)NC(=O)N(CC(=O)NC(Cn1cncn1)c1ccccc1)C2=O. The maximum atomic E-state index is 13.0. The number of imide groups is 1. The summed E-state index contributed by atoms with van der Waals surface area (Å²) in [6.07, 6.45) is 6.03. The molecule has 9 heteroatoms. The molecule has 4 rings (SSSR count). The first-order valence-corrected chi connectivity index (χ1v) is 10.3. The molecule has 1 saturated carbocycles. The van der Waals surface area contributed by atoms with Gasteiger partial charge in [-0.05, 0) is 37.2 Å². The Morgan fingerprint density at radius 1 is 1.27 bits per heavy atom. The van der Waals surface area contributed by atoms with E-state index in [4.69, 9.17) is 0 Å². The van der Waals surface area contributed by atoms with Gasteiger partial charge in [-0.15, -0.1) is 0 Å². The fourth-order valence-corrected chi connectivity index (χ4v) is 4.23. The summed E-state index contributed by atoms with van der Waals surface area (Å²) >= 11 is 0. The second kappa shape index (κ2) is 8.25. The van der Waals surface area contributed by atoms with Crippen LogP contribution in [0.15, 0.2) is 43.0 Å². The first-order chi connectivity index (χ1) is 14.5. The lowest BCUT2D eigenvalue weighted by atomic mass is 9.77. The van der Waals surface area contributed by atoms with Crippen LogP contribution in [0, 0.1) is 5.92 Å². The third-order valence-corrected chi connectivity index (χ3v) is 6.05. The van der Waals surface area contributed by atoms with E-state index in [0.29, 0.717) is 25.3 Å². The van der Waals surface area contributed by atoms with Crippen molar-refractivity contribution in [1.82, 2.24) is 30.3 Å². The molecule has 1 unspecified atom stereocenters. The highest BCUT2D eigenvalue weighted by atomic mass is 16.2. The summed E-state index contributed by atoms with van der Waals surface area (Å²) in [5.74, 6) is -0.142. The minimum Gasteiger partial charge on any atom is -0.346 e. The van der Waals surface area contributed by atoms with Gasteiger partial charge in [0.1, 0.15) is 24.7 Å². The fraction of sp³-hybridized carbons (Fsp3) is 0.476. The highest BCUT2D eigenvalue weighted by Crippen LogP contribution is 2.36. The molecule has 2 fully saturated rings. The largest absolute Gasteiger partial charge is 0.346 e. The molecule has 9 nitrogen and oxygen atoms in total. The number of carbonyl (C=O) groups excluding carboxylic acids is 3. The molecule has 0 radical (unpaired) electrons. The van der Waals surface area contributed by atoms with Gasteiger partial charge in [0.25, 0.3) is 5.91 Å². The lowest BCUT2D eigenvalue weighted by Gasteiger charge is -2.33. The molecule has 1 atom stereocenters. The van der Waals surface area contributed by atoms with Gasteiger partial charge in [-0.2, -0.15) is 5.10 Å². The number of nitrogens with zero attached hydrogens (tertiary/aromatic N) is 4. The Bertz CT molecular complexity index is 906. The standard InChI is InChI=1S/C21H26N6O3/c1-15-7-9-21(10-8-15)19(29)27(20(30)25-21)12-18(28)24-17(11-26-14-22-13-23-26)16-5-3-2-4-6-16/h2-6,13-15,17H,7-12H2,1H3,(H,24,28)(H,25,30). The summed E-state index contributed by atoms with van der Waals surface area (Å²) < 4.78 is 1.63. The maximum Gasteiger partial charge on any atom is 0.325 e. The van der Waals surface area contributed by atoms with Crippen LogP contribution >= 0.6 is 0 Å². The second-order valence-corrected chi connectivity index (χ2v) is 8.23. The van der Waals surface area contributed by atoms with Gasteiger partial charge in [-0.25, -0.2) is 9.78 Å². The van der Waals surface area contributed by atoms with Crippen LogP contribution in [-0.2, 0) is 16.1 Å². The second-order valence-electron chi connectivity index (χ2n) is 8.23. The number of urea groups is 1. The van der Waals surface area contributed by atoms with Gasteiger partial charge < -0.3 is 10.6 Å². The average Bonchev–Trinajstić information content (AvgIpc) is 3.33. The van der Waals surface area contributed by atoms with Gasteiger partial charge in [0.05, 0.1) is 12.6 Å². The predicted molar refractivity (Wildman–Crippen MR) is 108 cm³/mol. The number of nitrogens with one attached hydrogen (secondary N) is 2. The Balaban J connectivity index is 1.44. The first kappa shape index (κ1) is 20.1. The van der Waals surface area contributed by atoms with Crippen molar-refractivity contribution in [2.75, 3.05) is 6.54 Å². The molecule has 0 bridgehead atoms. The smallest absolute Gasteiger partial charge is 0.325 e. The molecule has 1 aromatic carbocycles. The first-order valence-electron chi connectivity index (χ1n) is 10.3. The summed E-state index contributed by atoms with van der Waals surface area (Å²) in [6.45, 7) is 2.23. The van der Waals surface area contributed by atoms with Crippen LogP contribution in [-0.4, -0.2) is 49.6 Å². The molecular weight excluding hydrogens is 384 g/mol. The molecule has 30 heavy (non-hydrogen) atoms. The van der Waals surface area contributed by atoms with Crippen molar-refractivity contribution >= 4 is 17.8 Å². The van der Waals surface area contributed by atoms with Crippen LogP contribution in [0.25, 0.3) is 0 Å². The van der Waals surface area contributed by atoms with Crippen LogP contribution in [0.2, 0.25) is 0 Å². The molecule has 1 spiro atoms. The van der Waals surface area contributed by atoms with Gasteiger partial charge in [-0.1, -0.05) is 37.3 Å². The molecule has 2 heterocycles. The number of aromatic nitrogens is 3. The van der Waals surface area contributed by atoms with Crippen LogP contribution < -0.4 is 10.6 Å². The summed E-state index contributed by atoms with van der Waals surface area (Å²) in [4.78, 5) is 43.2. The van der Waals surface area contributed by atoms with E-state index in [0.717, 1.165) is 23.3 Å². The zero-order valence-electron chi connectivity index (χ0n) is 17.0. The van der Waals surface area contributed by atoms with E-state index in [-0.39, 0.29) is 18.5 Å². The molecule has 1 aromatic heterocycles. The van der Waals surface area contributed by atoms with Crippen molar-refractivity contribution in [3.8, 4) is 0 Å². The fourth-order valence-electron chi connectivity index (χ4n) is 4.23. The van der Waals surface area contributed by atoms with Crippen molar-refractivity contribution in [3.05, 3.63) is 48.5 Å². The van der Waals surface area contributed by atoms with Crippen LogP contribution in [0.1, 0.15) is 44.2 Å². The molecule has 2 aromatic rings. The van der Waals surface area contributed by atoms with Crippen molar-refractivity contribution in [2.45, 2.75) is 50.7 Å². The normalized spacial score (nSPS) is 24.7.